The van der Waals surface area contributed by atoms with Crippen LogP contribution in [0.15, 0.2) is 48.5 Å². The van der Waals surface area contributed by atoms with Crippen molar-refractivity contribution in [3.05, 3.63) is 65.5 Å². The molecule has 0 heterocycles. The van der Waals surface area contributed by atoms with E-state index in [0.717, 1.165) is 25.0 Å². The quantitative estimate of drug-likeness (QED) is 0.565. The zero-order valence-corrected chi connectivity index (χ0v) is 14.9. The first kappa shape index (κ1) is 20.1. The van der Waals surface area contributed by atoms with Gasteiger partial charge in [-0.05, 0) is 55.0 Å². The molecule has 0 atom stereocenters. The van der Waals surface area contributed by atoms with Crippen LogP contribution in [-0.2, 0) is 14.3 Å². The Morgan fingerprint density at radius 1 is 0.889 bits per heavy atom. The summed E-state index contributed by atoms with van der Waals surface area (Å²) in [6.45, 7) is 1.88. The highest BCUT2D eigenvalue weighted by Crippen LogP contribution is 2.11. The van der Waals surface area contributed by atoms with Gasteiger partial charge in [0.2, 0.25) is 0 Å². The summed E-state index contributed by atoms with van der Waals surface area (Å²) in [5, 5.41) is 2.55. The van der Waals surface area contributed by atoms with E-state index >= 15 is 0 Å². The summed E-state index contributed by atoms with van der Waals surface area (Å²) in [4.78, 5) is 35.4. The zero-order valence-electron chi connectivity index (χ0n) is 14.9. The number of carbonyl (C=O) groups excluding carboxylic acids is 3. The van der Waals surface area contributed by atoms with Crippen molar-refractivity contribution in [2.75, 3.05) is 18.5 Å². The van der Waals surface area contributed by atoms with E-state index in [1.807, 2.05) is 6.92 Å². The summed E-state index contributed by atoms with van der Waals surface area (Å²) in [7, 11) is 0. The second kappa shape index (κ2) is 10.1. The Balaban J connectivity index is 1.80. The molecule has 142 valence electrons. The molecule has 0 bridgehead atoms. The van der Waals surface area contributed by atoms with E-state index in [1.54, 1.807) is 12.1 Å². The van der Waals surface area contributed by atoms with Crippen molar-refractivity contribution in [3.8, 4) is 0 Å². The highest BCUT2D eigenvalue weighted by atomic mass is 19.1. The molecular weight excluding hydrogens is 353 g/mol. The second-order valence-electron chi connectivity index (χ2n) is 5.70. The van der Waals surface area contributed by atoms with Gasteiger partial charge in [-0.15, -0.1) is 0 Å². The van der Waals surface area contributed by atoms with Gasteiger partial charge in [-0.1, -0.05) is 13.3 Å². The minimum Gasteiger partial charge on any atom is -0.462 e. The fraction of sp³-hybridized carbons (Fsp3) is 0.250. The molecule has 2 aromatic rings. The van der Waals surface area contributed by atoms with E-state index in [0.29, 0.717) is 17.9 Å². The molecule has 7 heteroatoms. The number of ether oxygens (including phenoxy) is 2. The summed E-state index contributed by atoms with van der Waals surface area (Å²) in [6.07, 6.45) is 1.74. The Kier molecular flexibility index (Phi) is 7.49. The number of anilines is 1. The zero-order chi connectivity index (χ0) is 19.6. The normalized spacial score (nSPS) is 10.1. The van der Waals surface area contributed by atoms with Crippen LogP contribution in [-0.4, -0.2) is 31.1 Å². The van der Waals surface area contributed by atoms with Crippen molar-refractivity contribution in [2.45, 2.75) is 19.8 Å². The number of hydrogen-bond donors (Lipinski definition) is 1. The van der Waals surface area contributed by atoms with Gasteiger partial charge in [0.25, 0.3) is 5.91 Å². The predicted molar refractivity (Wildman–Crippen MR) is 96.9 cm³/mol. The van der Waals surface area contributed by atoms with Gasteiger partial charge in [0, 0.05) is 5.69 Å². The van der Waals surface area contributed by atoms with Gasteiger partial charge in [0.15, 0.2) is 6.61 Å². The van der Waals surface area contributed by atoms with E-state index in [-0.39, 0.29) is 5.56 Å². The SMILES string of the molecule is CCCCOC(=O)c1ccc(NC(=O)COC(=O)c2ccc(F)cc2)cc1. The highest BCUT2D eigenvalue weighted by molar-refractivity contribution is 5.96. The average Bonchev–Trinajstić information content (AvgIpc) is 2.67. The maximum absolute atomic E-state index is 12.8. The third-order valence-corrected chi connectivity index (χ3v) is 3.55. The second-order valence-corrected chi connectivity index (χ2v) is 5.70. The topological polar surface area (TPSA) is 81.7 Å². The molecule has 1 N–H and O–H groups in total. The third kappa shape index (κ3) is 6.54. The molecule has 2 aromatic carbocycles. The molecule has 0 aliphatic rings. The van der Waals surface area contributed by atoms with E-state index in [9.17, 15) is 18.8 Å². The van der Waals surface area contributed by atoms with Crippen LogP contribution in [0.25, 0.3) is 0 Å². The van der Waals surface area contributed by atoms with Crippen LogP contribution >= 0.6 is 0 Å². The molecule has 0 saturated carbocycles. The molecule has 27 heavy (non-hydrogen) atoms. The summed E-state index contributed by atoms with van der Waals surface area (Å²) >= 11 is 0. The Morgan fingerprint density at radius 2 is 1.44 bits per heavy atom. The number of amides is 1. The van der Waals surface area contributed by atoms with Gasteiger partial charge in [-0.25, -0.2) is 14.0 Å². The van der Waals surface area contributed by atoms with Crippen molar-refractivity contribution in [2.24, 2.45) is 0 Å². The lowest BCUT2D eigenvalue weighted by Crippen LogP contribution is -2.21. The summed E-state index contributed by atoms with van der Waals surface area (Å²) in [6, 6.07) is 11.0. The lowest BCUT2D eigenvalue weighted by Gasteiger charge is -2.08. The summed E-state index contributed by atoms with van der Waals surface area (Å²) in [5.41, 5.74) is 0.977. The number of unbranched alkanes of at least 4 members (excludes halogenated alkanes) is 1. The molecule has 0 saturated heterocycles. The van der Waals surface area contributed by atoms with Gasteiger partial charge >= 0.3 is 11.9 Å². The lowest BCUT2D eigenvalue weighted by molar-refractivity contribution is -0.119. The van der Waals surface area contributed by atoms with Crippen molar-refractivity contribution >= 4 is 23.5 Å². The lowest BCUT2D eigenvalue weighted by atomic mass is 10.2. The summed E-state index contributed by atoms with van der Waals surface area (Å²) < 4.78 is 22.8. The molecule has 0 aliphatic heterocycles. The first-order valence-corrected chi connectivity index (χ1v) is 8.49. The number of nitrogens with one attached hydrogen (secondary N) is 1. The first-order valence-electron chi connectivity index (χ1n) is 8.49. The van der Waals surface area contributed by atoms with Crippen LogP contribution in [0.1, 0.15) is 40.5 Å². The molecule has 2 rings (SSSR count). The van der Waals surface area contributed by atoms with E-state index in [4.69, 9.17) is 9.47 Å². The van der Waals surface area contributed by atoms with Crippen LogP contribution in [0.2, 0.25) is 0 Å². The molecule has 0 unspecified atom stereocenters. The average molecular weight is 373 g/mol. The maximum Gasteiger partial charge on any atom is 0.338 e. The number of carbonyl (C=O) groups is 3. The molecule has 0 radical (unpaired) electrons. The molecule has 0 fully saturated rings. The van der Waals surface area contributed by atoms with Crippen LogP contribution in [0.4, 0.5) is 10.1 Å². The molecule has 1 amide bonds. The van der Waals surface area contributed by atoms with Gasteiger partial charge < -0.3 is 14.8 Å². The monoisotopic (exact) mass is 373 g/mol. The van der Waals surface area contributed by atoms with E-state index in [1.165, 1.54) is 24.3 Å². The van der Waals surface area contributed by atoms with Gasteiger partial charge in [0.1, 0.15) is 5.82 Å². The van der Waals surface area contributed by atoms with E-state index in [2.05, 4.69) is 5.32 Å². The highest BCUT2D eigenvalue weighted by Gasteiger charge is 2.11. The number of benzene rings is 2. The standard InChI is InChI=1S/C20H20FNO5/c1-2-3-12-26-19(24)15-6-10-17(11-7-15)22-18(23)13-27-20(25)14-4-8-16(21)9-5-14/h4-11H,2-3,12-13H2,1H3,(H,22,23). The van der Waals surface area contributed by atoms with E-state index < -0.39 is 30.3 Å². The van der Waals surface area contributed by atoms with Gasteiger partial charge in [-0.3, -0.25) is 4.79 Å². The maximum atomic E-state index is 12.8. The van der Waals surface area contributed by atoms with Crippen LogP contribution in [0.5, 0.6) is 0 Å². The largest absolute Gasteiger partial charge is 0.462 e. The van der Waals surface area contributed by atoms with Crippen LogP contribution in [0, 0.1) is 5.82 Å². The first-order chi connectivity index (χ1) is 13.0. The fourth-order valence-corrected chi connectivity index (χ4v) is 2.08. The van der Waals surface area contributed by atoms with Crippen molar-refractivity contribution in [1.82, 2.24) is 0 Å². The molecule has 0 aromatic heterocycles. The summed E-state index contributed by atoms with van der Waals surface area (Å²) in [5.74, 6) is -2.16. The predicted octanol–water partition coefficient (Wildman–Crippen LogP) is 3.58. The molecule has 0 spiro atoms. The Morgan fingerprint density at radius 3 is 2.04 bits per heavy atom. The molecule has 6 nitrogen and oxygen atoms in total. The molecular formula is C20H20FNO5. The van der Waals surface area contributed by atoms with Crippen molar-refractivity contribution in [3.63, 3.8) is 0 Å². The third-order valence-electron chi connectivity index (χ3n) is 3.55. The number of rotatable bonds is 8. The smallest absolute Gasteiger partial charge is 0.338 e. The number of hydrogen-bond acceptors (Lipinski definition) is 5. The minimum absolute atomic E-state index is 0.148. The van der Waals surface area contributed by atoms with Crippen molar-refractivity contribution in [1.29, 1.82) is 0 Å². The number of halogens is 1. The van der Waals surface area contributed by atoms with Gasteiger partial charge in [0.05, 0.1) is 17.7 Å². The molecule has 0 aliphatic carbocycles. The number of esters is 2. The fourth-order valence-electron chi connectivity index (χ4n) is 2.08. The Hall–Kier alpha value is -3.22. The van der Waals surface area contributed by atoms with Gasteiger partial charge in [-0.2, -0.15) is 0 Å². The van der Waals surface area contributed by atoms with Crippen molar-refractivity contribution < 1.29 is 28.2 Å². The minimum atomic E-state index is -0.727. The van der Waals surface area contributed by atoms with Crippen LogP contribution in [0.3, 0.4) is 0 Å². The van der Waals surface area contributed by atoms with Crippen LogP contribution < -0.4 is 5.32 Å². The Bertz CT molecular complexity index is 787. The Labute approximate surface area is 156 Å².